The summed E-state index contributed by atoms with van der Waals surface area (Å²) in [7, 11) is -2.07. The highest BCUT2D eigenvalue weighted by molar-refractivity contribution is 7.83. The van der Waals surface area contributed by atoms with Gasteiger partial charge in [0.2, 0.25) is 0 Å². The first-order valence-electron chi connectivity index (χ1n) is 7.54. The number of nitrogens with one attached hydrogen (secondary N) is 3. The molecule has 0 amide bonds. The zero-order chi connectivity index (χ0) is 15.3. The minimum absolute atomic E-state index is 0.673. The number of hydrogen-bond donors (Lipinski definition) is 3. The van der Waals surface area contributed by atoms with E-state index in [1.807, 2.05) is 0 Å². The van der Waals surface area contributed by atoms with Crippen molar-refractivity contribution in [1.82, 2.24) is 14.2 Å². The van der Waals surface area contributed by atoms with Gasteiger partial charge in [-0.15, -0.1) is 0 Å². The summed E-state index contributed by atoms with van der Waals surface area (Å²) in [6, 6.07) is 0. The highest BCUT2D eigenvalue weighted by Gasteiger charge is 2.04. The molecule has 9 heteroatoms. The summed E-state index contributed by atoms with van der Waals surface area (Å²) in [5.41, 5.74) is 0. The van der Waals surface area contributed by atoms with Crippen molar-refractivity contribution in [2.45, 2.75) is 38.5 Å². The van der Waals surface area contributed by atoms with Gasteiger partial charge in [0.05, 0.1) is 33.0 Å². The van der Waals surface area contributed by atoms with Crippen molar-refractivity contribution < 1.29 is 12.6 Å². The van der Waals surface area contributed by atoms with Gasteiger partial charge in [-0.2, -0.15) is 0 Å². The molecule has 3 rings (SSSR count). The minimum atomic E-state index is -0.708. The zero-order valence-corrected chi connectivity index (χ0v) is 14.9. The first kappa shape index (κ1) is 19.4. The van der Waals surface area contributed by atoms with E-state index in [0.717, 1.165) is 56.2 Å². The van der Waals surface area contributed by atoms with Gasteiger partial charge in [-0.05, 0) is 32.1 Å². The van der Waals surface area contributed by atoms with Gasteiger partial charge < -0.3 is 0 Å². The van der Waals surface area contributed by atoms with Crippen LogP contribution in [0.15, 0.2) is 0 Å². The summed E-state index contributed by atoms with van der Waals surface area (Å²) in [5.74, 6) is 2.54. The van der Waals surface area contributed by atoms with Crippen molar-refractivity contribution in [2.24, 2.45) is 0 Å². The fourth-order valence-electron chi connectivity index (χ4n) is 1.87. The molecule has 3 saturated heterocycles. The monoisotopic (exact) mass is 357 g/mol. The summed E-state index contributed by atoms with van der Waals surface area (Å²) < 4.78 is 40.0. The van der Waals surface area contributed by atoms with E-state index < -0.39 is 33.0 Å². The molecule has 3 N–H and O–H groups in total. The highest BCUT2D eigenvalue weighted by atomic mass is 32.2. The summed E-state index contributed by atoms with van der Waals surface area (Å²) in [6.45, 7) is 2.81. The molecule has 0 aromatic carbocycles. The third-order valence-corrected chi connectivity index (χ3v) is 6.62. The van der Waals surface area contributed by atoms with Crippen molar-refractivity contribution >= 4 is 33.0 Å². The standard InChI is InChI=1S/C5H11NOS.C4H9NOS.C3H7NOS/c7-8-5-3-1-2-4-6-8;6-7-4-2-1-3-5-7;5-6-3-1-2-4-6/h6H,1-5H2;5H,1-4H2;4H,1-3H2. The molecule has 0 spiro atoms. The lowest BCUT2D eigenvalue weighted by molar-refractivity contribution is 0.644. The van der Waals surface area contributed by atoms with Crippen LogP contribution < -0.4 is 14.2 Å². The molecule has 3 aliphatic rings. The summed E-state index contributed by atoms with van der Waals surface area (Å²) >= 11 is 0. The van der Waals surface area contributed by atoms with Gasteiger partial charge in [0, 0.05) is 36.9 Å². The fourth-order valence-corrected chi connectivity index (χ4v) is 4.76. The van der Waals surface area contributed by atoms with Crippen LogP contribution in [-0.2, 0) is 33.0 Å². The first-order chi connectivity index (χ1) is 10.2. The maximum atomic E-state index is 10.7. The molecule has 3 aliphatic heterocycles. The van der Waals surface area contributed by atoms with Gasteiger partial charge in [0.15, 0.2) is 0 Å². The lowest BCUT2D eigenvalue weighted by atomic mass is 10.3. The molecule has 21 heavy (non-hydrogen) atoms. The van der Waals surface area contributed by atoms with Gasteiger partial charge in [0.25, 0.3) is 0 Å². The lowest BCUT2D eigenvalue weighted by Gasteiger charge is -2.08. The molecular formula is C12H27N3O3S3. The number of hydrogen-bond acceptors (Lipinski definition) is 3. The third kappa shape index (κ3) is 11.5. The van der Waals surface area contributed by atoms with Crippen molar-refractivity contribution in [3.05, 3.63) is 0 Å². The van der Waals surface area contributed by atoms with Crippen LogP contribution in [0.1, 0.15) is 38.5 Å². The predicted octanol–water partition coefficient (Wildman–Crippen LogP) is 0.101. The van der Waals surface area contributed by atoms with Gasteiger partial charge in [-0.1, -0.05) is 6.42 Å². The maximum absolute atomic E-state index is 10.7. The second-order valence-corrected chi connectivity index (χ2v) is 9.12. The summed E-state index contributed by atoms with van der Waals surface area (Å²) in [5, 5.41) is 0. The molecule has 126 valence electrons. The van der Waals surface area contributed by atoms with E-state index in [9.17, 15) is 12.6 Å². The van der Waals surface area contributed by atoms with E-state index in [2.05, 4.69) is 14.2 Å². The third-order valence-electron chi connectivity index (χ3n) is 3.06. The Kier molecular flexibility index (Phi) is 11.8. The Morgan fingerprint density at radius 2 is 0.857 bits per heavy atom. The van der Waals surface area contributed by atoms with Crippen LogP contribution in [0.2, 0.25) is 0 Å². The molecule has 6 nitrogen and oxygen atoms in total. The molecule has 0 bridgehead atoms. The maximum Gasteiger partial charge on any atom is 0.0915 e. The van der Waals surface area contributed by atoms with Crippen LogP contribution in [0.4, 0.5) is 0 Å². The molecule has 0 aliphatic carbocycles. The van der Waals surface area contributed by atoms with Crippen LogP contribution in [0.5, 0.6) is 0 Å². The Bertz CT molecular complexity index is 330. The Balaban J connectivity index is 0.000000159. The second kappa shape index (κ2) is 12.8. The molecule has 3 fully saturated rings. The summed E-state index contributed by atoms with van der Waals surface area (Å²) in [6.07, 6.45) is 6.93. The van der Waals surface area contributed by atoms with Crippen molar-refractivity contribution in [3.8, 4) is 0 Å². The van der Waals surface area contributed by atoms with Gasteiger partial charge >= 0.3 is 0 Å². The SMILES string of the molecule is O=S1CCCCCN1.O=S1CCCCN1.O=S1CCCN1. The molecule has 0 aromatic heterocycles. The minimum Gasteiger partial charge on any atom is -0.243 e. The Labute approximate surface area is 135 Å². The Morgan fingerprint density at radius 3 is 1.29 bits per heavy atom. The van der Waals surface area contributed by atoms with Crippen LogP contribution in [-0.4, -0.2) is 49.5 Å². The van der Waals surface area contributed by atoms with Crippen molar-refractivity contribution in [2.75, 3.05) is 36.9 Å². The normalized spacial score (nSPS) is 32.9. The average Bonchev–Trinajstić information content (AvgIpc) is 2.83. The van der Waals surface area contributed by atoms with E-state index in [1.165, 1.54) is 19.3 Å². The first-order valence-corrected chi connectivity index (χ1v) is 11.5. The molecule has 0 saturated carbocycles. The van der Waals surface area contributed by atoms with Crippen LogP contribution in [0.3, 0.4) is 0 Å². The molecular weight excluding hydrogens is 330 g/mol. The molecule has 3 atom stereocenters. The van der Waals surface area contributed by atoms with Crippen molar-refractivity contribution in [1.29, 1.82) is 0 Å². The van der Waals surface area contributed by atoms with Gasteiger partial charge in [-0.25, -0.2) is 26.8 Å². The lowest BCUT2D eigenvalue weighted by Crippen LogP contribution is -2.25. The molecule has 3 unspecified atom stereocenters. The van der Waals surface area contributed by atoms with Gasteiger partial charge in [-0.3, -0.25) is 0 Å². The average molecular weight is 358 g/mol. The van der Waals surface area contributed by atoms with E-state index >= 15 is 0 Å². The smallest absolute Gasteiger partial charge is 0.0915 e. The summed E-state index contributed by atoms with van der Waals surface area (Å²) in [4.78, 5) is 0. The zero-order valence-electron chi connectivity index (χ0n) is 12.4. The quantitative estimate of drug-likeness (QED) is 0.575. The Morgan fingerprint density at radius 1 is 0.476 bits per heavy atom. The molecule has 0 aromatic rings. The predicted molar refractivity (Wildman–Crippen MR) is 90.7 cm³/mol. The molecule has 3 heterocycles. The van der Waals surface area contributed by atoms with Gasteiger partial charge in [0.1, 0.15) is 0 Å². The highest BCUT2D eigenvalue weighted by Crippen LogP contribution is 1.99. The molecule has 0 radical (unpaired) electrons. The van der Waals surface area contributed by atoms with E-state index in [-0.39, 0.29) is 0 Å². The van der Waals surface area contributed by atoms with Crippen LogP contribution >= 0.6 is 0 Å². The van der Waals surface area contributed by atoms with E-state index in [4.69, 9.17) is 0 Å². The Hall–Kier alpha value is 0.330. The van der Waals surface area contributed by atoms with Crippen LogP contribution in [0.25, 0.3) is 0 Å². The topological polar surface area (TPSA) is 87.3 Å². The number of rotatable bonds is 0. The van der Waals surface area contributed by atoms with Crippen LogP contribution in [0, 0.1) is 0 Å². The van der Waals surface area contributed by atoms with Crippen molar-refractivity contribution in [3.63, 3.8) is 0 Å². The largest absolute Gasteiger partial charge is 0.243 e. The van der Waals surface area contributed by atoms with E-state index in [1.54, 1.807) is 0 Å². The van der Waals surface area contributed by atoms with E-state index in [0.29, 0.717) is 0 Å². The second-order valence-electron chi connectivity index (χ2n) is 4.95. The fraction of sp³-hybridized carbons (Fsp3) is 1.00.